The lowest BCUT2D eigenvalue weighted by molar-refractivity contribution is -0.133. The molecule has 3 amide bonds. The second-order valence-corrected chi connectivity index (χ2v) is 8.52. The Morgan fingerprint density at radius 1 is 1.21 bits per heavy atom. The van der Waals surface area contributed by atoms with Crippen LogP contribution in [-0.4, -0.2) is 49.1 Å². The van der Waals surface area contributed by atoms with Gasteiger partial charge in [-0.2, -0.15) is 5.26 Å². The van der Waals surface area contributed by atoms with Crippen LogP contribution in [0.25, 0.3) is 0 Å². The molecular weight excluding hydrogens is 372 g/mol. The molecule has 3 atom stereocenters. The topological polar surface area (TPSA) is 120 Å². The van der Waals surface area contributed by atoms with Gasteiger partial charge in [-0.15, -0.1) is 0 Å². The monoisotopic (exact) mass is 406 g/mol. The molecule has 2 aliphatic rings. The molecule has 3 N–H and O–H groups in total. The van der Waals surface area contributed by atoms with E-state index in [4.69, 9.17) is 4.74 Å². The van der Waals surface area contributed by atoms with Crippen LogP contribution in [0.5, 0.6) is 0 Å². The van der Waals surface area contributed by atoms with Gasteiger partial charge in [-0.3, -0.25) is 14.4 Å². The molecule has 0 unspecified atom stereocenters. The van der Waals surface area contributed by atoms with Gasteiger partial charge in [0.2, 0.25) is 17.7 Å². The lowest BCUT2D eigenvalue weighted by Crippen LogP contribution is -2.51. The molecule has 8 nitrogen and oxygen atoms in total. The molecule has 1 saturated heterocycles. The summed E-state index contributed by atoms with van der Waals surface area (Å²) in [5, 5.41) is 17.6. The fourth-order valence-electron chi connectivity index (χ4n) is 3.93. The van der Waals surface area contributed by atoms with Crippen molar-refractivity contribution in [2.24, 2.45) is 11.8 Å². The predicted molar refractivity (Wildman–Crippen MR) is 107 cm³/mol. The van der Waals surface area contributed by atoms with Gasteiger partial charge in [0, 0.05) is 12.5 Å². The average molecular weight is 407 g/mol. The largest absolute Gasteiger partial charge is 0.368 e. The first-order valence-electron chi connectivity index (χ1n) is 10.8. The third-order valence-corrected chi connectivity index (χ3v) is 5.52. The molecule has 8 heteroatoms. The maximum absolute atomic E-state index is 12.7. The van der Waals surface area contributed by atoms with E-state index in [1.807, 2.05) is 13.8 Å². The number of nitrogens with one attached hydrogen (secondary N) is 3. The molecule has 2 fully saturated rings. The minimum Gasteiger partial charge on any atom is -0.368 e. The third-order valence-electron chi connectivity index (χ3n) is 5.52. The van der Waals surface area contributed by atoms with Gasteiger partial charge in [-0.05, 0) is 38.0 Å². The van der Waals surface area contributed by atoms with E-state index < -0.39 is 18.0 Å². The second-order valence-electron chi connectivity index (χ2n) is 8.52. The smallest absolute Gasteiger partial charge is 0.246 e. The van der Waals surface area contributed by atoms with Crippen molar-refractivity contribution in [3.63, 3.8) is 0 Å². The summed E-state index contributed by atoms with van der Waals surface area (Å²) >= 11 is 0. The average Bonchev–Trinajstić information content (AvgIpc) is 3.10. The number of carbonyl (C=O) groups is 3. The minimum atomic E-state index is -0.763. The first-order valence-corrected chi connectivity index (χ1v) is 10.8. The van der Waals surface area contributed by atoms with Gasteiger partial charge in [0.15, 0.2) is 0 Å². The fraction of sp³-hybridized carbons (Fsp3) is 0.810. The summed E-state index contributed by atoms with van der Waals surface area (Å²) < 4.78 is 5.69. The number of hydrogen-bond donors (Lipinski definition) is 3. The van der Waals surface area contributed by atoms with Crippen LogP contribution in [-0.2, 0) is 19.1 Å². The Bertz CT molecular complexity index is 610. The van der Waals surface area contributed by atoms with Crippen LogP contribution in [0.1, 0.15) is 65.2 Å². The zero-order chi connectivity index (χ0) is 21.2. The molecule has 1 heterocycles. The van der Waals surface area contributed by atoms with E-state index in [0.717, 1.165) is 25.7 Å². The number of carbonyl (C=O) groups excluding carboxylic acids is 3. The van der Waals surface area contributed by atoms with Crippen molar-refractivity contribution >= 4 is 17.7 Å². The molecular formula is C21H34N4O4. The van der Waals surface area contributed by atoms with Gasteiger partial charge in [0.05, 0.1) is 12.2 Å². The lowest BCUT2D eigenvalue weighted by atomic mass is 9.98. The van der Waals surface area contributed by atoms with Gasteiger partial charge in [0.25, 0.3) is 0 Å². The highest BCUT2D eigenvalue weighted by molar-refractivity contribution is 5.88. The zero-order valence-electron chi connectivity index (χ0n) is 17.5. The van der Waals surface area contributed by atoms with Crippen LogP contribution in [0.15, 0.2) is 0 Å². The van der Waals surface area contributed by atoms with Crippen molar-refractivity contribution in [3.05, 3.63) is 0 Å². The van der Waals surface area contributed by atoms with E-state index in [2.05, 4.69) is 22.0 Å². The maximum atomic E-state index is 12.7. The number of nitrogens with zero attached hydrogens (tertiary/aromatic N) is 1. The van der Waals surface area contributed by atoms with Crippen LogP contribution in [0.4, 0.5) is 0 Å². The lowest BCUT2D eigenvalue weighted by Gasteiger charge is -2.24. The van der Waals surface area contributed by atoms with Crippen molar-refractivity contribution in [1.82, 2.24) is 16.0 Å². The van der Waals surface area contributed by atoms with Crippen molar-refractivity contribution < 1.29 is 19.1 Å². The molecule has 1 aliphatic heterocycles. The zero-order valence-corrected chi connectivity index (χ0v) is 17.5. The van der Waals surface area contributed by atoms with E-state index in [0.29, 0.717) is 19.4 Å². The molecule has 29 heavy (non-hydrogen) atoms. The summed E-state index contributed by atoms with van der Waals surface area (Å²) in [5.74, 6) is -0.866. The summed E-state index contributed by atoms with van der Waals surface area (Å²) in [7, 11) is 0. The van der Waals surface area contributed by atoms with Crippen LogP contribution in [0, 0.1) is 23.2 Å². The van der Waals surface area contributed by atoms with Gasteiger partial charge < -0.3 is 20.7 Å². The van der Waals surface area contributed by atoms with Crippen molar-refractivity contribution in [1.29, 1.82) is 5.26 Å². The fourth-order valence-corrected chi connectivity index (χ4v) is 3.93. The molecule has 0 aromatic carbocycles. The summed E-state index contributed by atoms with van der Waals surface area (Å²) in [5.41, 5.74) is 0. The minimum absolute atomic E-state index is 0.0591. The Hall–Kier alpha value is -2.14. The third kappa shape index (κ3) is 8.01. The normalized spacial score (nSPS) is 21.9. The van der Waals surface area contributed by atoms with E-state index in [1.165, 1.54) is 6.42 Å². The molecule has 162 valence electrons. The Kier molecular flexibility index (Phi) is 9.39. The van der Waals surface area contributed by atoms with Gasteiger partial charge in [-0.25, -0.2) is 0 Å². The van der Waals surface area contributed by atoms with Crippen LogP contribution in [0.3, 0.4) is 0 Å². The van der Waals surface area contributed by atoms with Crippen molar-refractivity contribution in [2.75, 3.05) is 13.2 Å². The van der Waals surface area contributed by atoms with Crippen molar-refractivity contribution in [3.8, 4) is 6.07 Å². The Balaban J connectivity index is 1.85. The highest BCUT2D eigenvalue weighted by Gasteiger charge is 2.30. The number of hydrogen-bond acceptors (Lipinski definition) is 5. The van der Waals surface area contributed by atoms with Crippen LogP contribution >= 0.6 is 0 Å². The summed E-state index contributed by atoms with van der Waals surface area (Å²) in [6.45, 7) is 4.48. The molecule has 0 aromatic heterocycles. The number of ether oxygens (including phenoxy) is 1. The Labute approximate surface area is 173 Å². The predicted octanol–water partition coefficient (Wildman–Crippen LogP) is 1.40. The van der Waals surface area contributed by atoms with E-state index >= 15 is 0 Å². The SMILES string of the molecule is CC(C)C[C@H](NC(=O)COC1CCCCC1)C(=O)N[C@H](C#N)C[C@@H]1CCNC1=O. The molecule has 0 bridgehead atoms. The van der Waals surface area contributed by atoms with Gasteiger partial charge in [0.1, 0.15) is 18.7 Å². The summed E-state index contributed by atoms with van der Waals surface area (Å²) in [6.07, 6.45) is 6.93. The quantitative estimate of drug-likeness (QED) is 0.506. The molecule has 1 saturated carbocycles. The van der Waals surface area contributed by atoms with E-state index in [9.17, 15) is 19.6 Å². The number of amides is 3. The molecule has 1 aliphatic carbocycles. The molecule has 0 spiro atoms. The molecule has 2 rings (SSSR count). The van der Waals surface area contributed by atoms with Crippen LogP contribution < -0.4 is 16.0 Å². The summed E-state index contributed by atoms with van der Waals surface area (Å²) in [4.78, 5) is 36.8. The standard InChI is InChI=1S/C21H34N4O4/c1-14(2)10-18(25-19(26)13-29-17-6-4-3-5-7-17)21(28)24-16(12-22)11-15-8-9-23-20(15)27/h14-18H,3-11,13H2,1-2H3,(H,23,27)(H,24,28)(H,25,26)/t15-,16-,18-/m0/s1. The van der Waals surface area contributed by atoms with E-state index in [1.54, 1.807) is 0 Å². The Morgan fingerprint density at radius 2 is 1.93 bits per heavy atom. The molecule has 0 radical (unpaired) electrons. The first kappa shape index (κ1) is 23.1. The van der Waals surface area contributed by atoms with Gasteiger partial charge >= 0.3 is 0 Å². The van der Waals surface area contributed by atoms with Crippen LogP contribution in [0.2, 0.25) is 0 Å². The van der Waals surface area contributed by atoms with Gasteiger partial charge in [-0.1, -0.05) is 33.1 Å². The summed E-state index contributed by atoms with van der Waals surface area (Å²) in [6, 6.07) is 0.567. The Morgan fingerprint density at radius 3 is 2.52 bits per heavy atom. The molecule has 0 aromatic rings. The maximum Gasteiger partial charge on any atom is 0.246 e. The highest BCUT2D eigenvalue weighted by Crippen LogP contribution is 2.20. The second kappa shape index (κ2) is 11.8. The van der Waals surface area contributed by atoms with E-state index in [-0.39, 0.29) is 42.8 Å². The van der Waals surface area contributed by atoms with Crippen molar-refractivity contribution in [2.45, 2.75) is 83.4 Å². The number of rotatable bonds is 10. The highest BCUT2D eigenvalue weighted by atomic mass is 16.5. The first-order chi connectivity index (χ1) is 13.9. The number of nitriles is 1.